The van der Waals surface area contributed by atoms with Gasteiger partial charge in [-0.05, 0) is 19.1 Å². The van der Waals surface area contributed by atoms with E-state index in [1.165, 1.54) is 6.42 Å². The van der Waals surface area contributed by atoms with E-state index in [1.807, 2.05) is 6.26 Å². The minimum Gasteiger partial charge on any atom is -0.395 e. The molecular weight excluding hydrogens is 222 g/mol. The Balaban J connectivity index is 2.39. The summed E-state index contributed by atoms with van der Waals surface area (Å²) >= 11 is 1.73. The van der Waals surface area contributed by atoms with Gasteiger partial charge < -0.3 is 5.11 Å². The predicted octanol–water partition coefficient (Wildman–Crippen LogP) is 0.184. The summed E-state index contributed by atoms with van der Waals surface area (Å²) in [5, 5.41) is 8.54. The average Bonchev–Trinajstić information content (AvgIpc) is 2.03. The topological polar surface area (TPSA) is 66.4 Å². The molecule has 2 N–H and O–H groups in total. The number of rotatable bonds is 6. The lowest BCUT2D eigenvalue weighted by Crippen LogP contribution is -2.45. The van der Waals surface area contributed by atoms with Gasteiger partial charge in [0.25, 0.3) is 0 Å². The molecule has 1 aliphatic carbocycles. The van der Waals surface area contributed by atoms with Crippen molar-refractivity contribution in [3.8, 4) is 0 Å². The molecule has 0 amide bonds. The van der Waals surface area contributed by atoms with E-state index >= 15 is 0 Å². The minimum atomic E-state index is -3.26. The molecule has 0 aromatic rings. The van der Waals surface area contributed by atoms with E-state index in [1.54, 1.807) is 11.8 Å². The SMILES string of the molecule is CSC1(CNS(=O)(=O)CCO)CCC1. The van der Waals surface area contributed by atoms with E-state index in [9.17, 15) is 8.42 Å². The Hall–Kier alpha value is 0.220. The Morgan fingerprint density at radius 1 is 1.50 bits per heavy atom. The molecule has 1 rings (SSSR count). The van der Waals surface area contributed by atoms with Crippen molar-refractivity contribution in [2.45, 2.75) is 24.0 Å². The van der Waals surface area contributed by atoms with E-state index in [2.05, 4.69) is 4.72 Å². The van der Waals surface area contributed by atoms with Gasteiger partial charge in [0.05, 0.1) is 12.4 Å². The second kappa shape index (κ2) is 4.83. The molecule has 1 saturated carbocycles. The van der Waals surface area contributed by atoms with Crippen LogP contribution in [0.25, 0.3) is 0 Å². The fraction of sp³-hybridized carbons (Fsp3) is 1.00. The number of aliphatic hydroxyl groups is 1. The van der Waals surface area contributed by atoms with Crippen LogP contribution >= 0.6 is 11.8 Å². The van der Waals surface area contributed by atoms with Crippen molar-refractivity contribution in [1.82, 2.24) is 4.72 Å². The fourth-order valence-corrected chi connectivity index (χ4v) is 3.34. The second-order valence-electron chi connectivity index (χ2n) is 3.60. The number of hydrogen-bond acceptors (Lipinski definition) is 4. The molecule has 6 heteroatoms. The Morgan fingerprint density at radius 2 is 2.14 bits per heavy atom. The number of sulfonamides is 1. The van der Waals surface area contributed by atoms with Crippen LogP contribution in [0.1, 0.15) is 19.3 Å². The van der Waals surface area contributed by atoms with Crippen molar-refractivity contribution in [3.05, 3.63) is 0 Å². The fourth-order valence-electron chi connectivity index (χ4n) is 1.46. The summed E-state index contributed by atoms with van der Waals surface area (Å²) in [6.45, 7) is 0.179. The van der Waals surface area contributed by atoms with Crippen LogP contribution in [-0.4, -0.2) is 43.4 Å². The van der Waals surface area contributed by atoms with Gasteiger partial charge in [0.1, 0.15) is 0 Å². The van der Waals surface area contributed by atoms with Crippen molar-refractivity contribution >= 4 is 21.8 Å². The summed E-state index contributed by atoms with van der Waals surface area (Å²) in [4.78, 5) is 0. The van der Waals surface area contributed by atoms with Crippen molar-refractivity contribution in [2.24, 2.45) is 0 Å². The van der Waals surface area contributed by atoms with Crippen molar-refractivity contribution in [1.29, 1.82) is 0 Å². The molecular formula is C8H17NO3S2. The molecule has 4 nitrogen and oxygen atoms in total. The van der Waals surface area contributed by atoms with Crippen LogP contribution in [0.5, 0.6) is 0 Å². The Morgan fingerprint density at radius 3 is 2.50 bits per heavy atom. The van der Waals surface area contributed by atoms with Crippen LogP contribution in [0.2, 0.25) is 0 Å². The van der Waals surface area contributed by atoms with Gasteiger partial charge in [-0.2, -0.15) is 11.8 Å². The summed E-state index contributed by atoms with van der Waals surface area (Å²) in [5.41, 5.74) is 0. The number of aliphatic hydroxyl groups excluding tert-OH is 1. The summed E-state index contributed by atoms with van der Waals surface area (Å²) in [7, 11) is -3.26. The van der Waals surface area contributed by atoms with Crippen LogP contribution < -0.4 is 4.72 Å². The van der Waals surface area contributed by atoms with Gasteiger partial charge in [-0.1, -0.05) is 6.42 Å². The number of thioether (sulfide) groups is 1. The molecule has 14 heavy (non-hydrogen) atoms. The predicted molar refractivity (Wildman–Crippen MR) is 59.0 cm³/mol. The highest BCUT2D eigenvalue weighted by atomic mass is 32.2. The third-order valence-corrected chi connectivity index (χ3v) is 5.39. The average molecular weight is 239 g/mol. The van der Waals surface area contributed by atoms with E-state index in [-0.39, 0.29) is 17.1 Å². The molecule has 0 unspecified atom stereocenters. The van der Waals surface area contributed by atoms with Crippen LogP contribution in [0.3, 0.4) is 0 Å². The summed E-state index contributed by atoms with van der Waals surface area (Å²) in [6.07, 6.45) is 5.35. The molecule has 0 aliphatic heterocycles. The lowest BCUT2D eigenvalue weighted by molar-refractivity contribution is 0.318. The molecule has 0 aromatic carbocycles. The van der Waals surface area contributed by atoms with Gasteiger partial charge in [0.2, 0.25) is 10.0 Å². The van der Waals surface area contributed by atoms with Crippen LogP contribution in [-0.2, 0) is 10.0 Å². The Kier molecular flexibility index (Phi) is 4.24. The zero-order chi connectivity index (χ0) is 10.7. The minimum absolute atomic E-state index is 0.114. The Bertz CT molecular complexity index is 267. The molecule has 0 atom stereocenters. The smallest absolute Gasteiger partial charge is 0.213 e. The quantitative estimate of drug-likeness (QED) is 0.694. The molecule has 0 saturated heterocycles. The molecule has 0 radical (unpaired) electrons. The highest BCUT2D eigenvalue weighted by Gasteiger charge is 2.36. The Labute approximate surface area is 89.5 Å². The lowest BCUT2D eigenvalue weighted by Gasteiger charge is -2.40. The molecule has 1 aliphatic rings. The summed E-state index contributed by atoms with van der Waals surface area (Å²) in [5.74, 6) is -0.197. The molecule has 0 aromatic heterocycles. The van der Waals surface area contributed by atoms with Crippen molar-refractivity contribution in [2.75, 3.05) is 25.2 Å². The van der Waals surface area contributed by atoms with Gasteiger partial charge in [-0.25, -0.2) is 13.1 Å². The monoisotopic (exact) mass is 239 g/mol. The van der Waals surface area contributed by atoms with Gasteiger partial charge >= 0.3 is 0 Å². The van der Waals surface area contributed by atoms with Crippen molar-refractivity contribution in [3.63, 3.8) is 0 Å². The highest BCUT2D eigenvalue weighted by Crippen LogP contribution is 2.42. The number of nitrogens with one attached hydrogen (secondary N) is 1. The summed E-state index contributed by atoms with van der Waals surface area (Å²) in [6, 6.07) is 0. The lowest BCUT2D eigenvalue weighted by atomic mass is 9.84. The first kappa shape index (κ1) is 12.3. The maximum absolute atomic E-state index is 11.3. The maximum Gasteiger partial charge on any atom is 0.213 e. The van der Waals surface area contributed by atoms with Gasteiger partial charge in [-0.3, -0.25) is 0 Å². The first-order valence-corrected chi connectivity index (χ1v) is 7.55. The van der Waals surface area contributed by atoms with E-state index < -0.39 is 10.0 Å². The standard InChI is InChI=1S/C8H17NO3S2/c1-13-8(3-2-4-8)7-9-14(11,12)6-5-10/h9-10H,2-7H2,1H3. The van der Waals surface area contributed by atoms with E-state index in [0.717, 1.165) is 12.8 Å². The maximum atomic E-state index is 11.3. The first-order chi connectivity index (χ1) is 6.54. The van der Waals surface area contributed by atoms with E-state index in [4.69, 9.17) is 5.11 Å². The van der Waals surface area contributed by atoms with Gasteiger partial charge in [0, 0.05) is 11.3 Å². The number of hydrogen-bond donors (Lipinski definition) is 2. The molecule has 84 valence electrons. The van der Waals surface area contributed by atoms with Crippen LogP contribution in [0.4, 0.5) is 0 Å². The van der Waals surface area contributed by atoms with Crippen molar-refractivity contribution < 1.29 is 13.5 Å². The third kappa shape index (κ3) is 3.12. The molecule has 1 fully saturated rings. The van der Waals surface area contributed by atoms with Gasteiger partial charge in [-0.15, -0.1) is 0 Å². The third-order valence-electron chi connectivity index (χ3n) is 2.67. The normalized spacial score (nSPS) is 20.4. The van der Waals surface area contributed by atoms with Crippen LogP contribution in [0.15, 0.2) is 0 Å². The highest BCUT2D eigenvalue weighted by molar-refractivity contribution is 8.00. The largest absolute Gasteiger partial charge is 0.395 e. The molecule has 0 heterocycles. The second-order valence-corrected chi connectivity index (χ2v) is 6.80. The first-order valence-electron chi connectivity index (χ1n) is 4.67. The zero-order valence-corrected chi connectivity index (χ0v) is 9.96. The van der Waals surface area contributed by atoms with Crippen LogP contribution in [0, 0.1) is 0 Å². The molecule has 0 spiro atoms. The zero-order valence-electron chi connectivity index (χ0n) is 8.32. The summed E-state index contributed by atoms with van der Waals surface area (Å²) < 4.78 is 25.2. The van der Waals surface area contributed by atoms with Gasteiger partial charge in [0.15, 0.2) is 0 Å². The molecule has 0 bridgehead atoms. The van der Waals surface area contributed by atoms with E-state index in [0.29, 0.717) is 6.54 Å².